The van der Waals surface area contributed by atoms with E-state index < -0.39 is 11.8 Å². The van der Waals surface area contributed by atoms with Crippen LogP contribution in [-0.4, -0.2) is 21.6 Å². The smallest absolute Gasteiger partial charge is 0.267 e. The van der Waals surface area contributed by atoms with Crippen LogP contribution in [0.5, 0.6) is 0 Å². The molecule has 7 heteroatoms. The molecule has 2 aromatic carbocycles. The topological polar surface area (TPSA) is 76.0 Å². The maximum absolute atomic E-state index is 12.6. The van der Waals surface area contributed by atoms with Gasteiger partial charge in [-0.2, -0.15) is 5.10 Å². The van der Waals surface area contributed by atoms with Crippen molar-refractivity contribution < 1.29 is 9.59 Å². The number of benzene rings is 2. The fraction of sp³-hybridized carbons (Fsp3) is 0.150. The highest BCUT2D eigenvalue weighted by Crippen LogP contribution is 2.24. The van der Waals surface area contributed by atoms with Crippen LogP contribution in [0, 0.1) is 0 Å². The number of nitrogens with one attached hydrogen (secondary N) is 2. The average molecular weight is 383 g/mol. The molecule has 1 aromatic heterocycles. The molecule has 0 fully saturated rings. The molecule has 0 unspecified atom stereocenters. The third-order valence-electron chi connectivity index (χ3n) is 3.98. The van der Waals surface area contributed by atoms with Crippen LogP contribution in [0.4, 0.5) is 0 Å². The van der Waals surface area contributed by atoms with E-state index in [0.717, 1.165) is 11.4 Å². The van der Waals surface area contributed by atoms with Gasteiger partial charge in [0, 0.05) is 10.6 Å². The van der Waals surface area contributed by atoms with Gasteiger partial charge in [0.2, 0.25) is 0 Å². The predicted molar refractivity (Wildman–Crippen MR) is 104 cm³/mol. The first-order chi connectivity index (χ1) is 13.0. The first-order valence-corrected chi connectivity index (χ1v) is 8.84. The summed E-state index contributed by atoms with van der Waals surface area (Å²) >= 11 is 6.07. The van der Waals surface area contributed by atoms with Crippen molar-refractivity contribution in [1.29, 1.82) is 0 Å². The van der Waals surface area contributed by atoms with Gasteiger partial charge in [0.05, 0.1) is 23.1 Å². The normalized spacial score (nSPS) is 10.7. The van der Waals surface area contributed by atoms with Gasteiger partial charge in [-0.1, -0.05) is 49.7 Å². The molecule has 0 spiro atoms. The maximum Gasteiger partial charge on any atom is 0.273 e. The Morgan fingerprint density at radius 3 is 2.37 bits per heavy atom. The molecule has 138 valence electrons. The lowest BCUT2D eigenvalue weighted by Crippen LogP contribution is -2.41. The number of carbonyl (C=O) groups excluding carboxylic acids is 2. The minimum absolute atomic E-state index is 0.0251. The minimum Gasteiger partial charge on any atom is -0.267 e. The van der Waals surface area contributed by atoms with Gasteiger partial charge in [0.15, 0.2) is 0 Å². The number of aromatic nitrogens is 2. The Balaban J connectivity index is 1.82. The standard InChI is InChI=1S/C20H19ClN4O2/c1-13(2)18-17(12-22-25(18)16-10-6-9-15(21)11-16)20(27)24-23-19(26)14-7-4-3-5-8-14/h3-13H,1-2H3,(H,23,26)(H,24,27). The van der Waals surface area contributed by atoms with Crippen LogP contribution in [0.1, 0.15) is 46.2 Å². The molecular formula is C20H19ClN4O2. The Morgan fingerprint density at radius 2 is 1.70 bits per heavy atom. The third kappa shape index (κ3) is 4.17. The summed E-state index contributed by atoms with van der Waals surface area (Å²) in [7, 11) is 0. The number of rotatable bonds is 4. The van der Waals surface area contributed by atoms with Gasteiger partial charge >= 0.3 is 0 Å². The van der Waals surface area contributed by atoms with E-state index >= 15 is 0 Å². The van der Waals surface area contributed by atoms with Gasteiger partial charge < -0.3 is 0 Å². The summed E-state index contributed by atoms with van der Waals surface area (Å²) in [6, 6.07) is 15.9. The fourth-order valence-corrected chi connectivity index (χ4v) is 2.93. The van der Waals surface area contributed by atoms with Gasteiger partial charge in [-0.3, -0.25) is 20.4 Å². The number of hydrazine groups is 1. The number of carbonyl (C=O) groups is 2. The summed E-state index contributed by atoms with van der Waals surface area (Å²) in [5, 5.41) is 4.92. The Morgan fingerprint density at radius 1 is 1.00 bits per heavy atom. The fourth-order valence-electron chi connectivity index (χ4n) is 2.74. The number of amides is 2. The lowest BCUT2D eigenvalue weighted by Gasteiger charge is -2.13. The Labute approximate surface area is 162 Å². The van der Waals surface area contributed by atoms with Crippen LogP contribution >= 0.6 is 11.6 Å². The van der Waals surface area contributed by atoms with Crippen LogP contribution in [-0.2, 0) is 0 Å². The predicted octanol–water partition coefficient (Wildman–Crippen LogP) is 3.72. The zero-order valence-corrected chi connectivity index (χ0v) is 15.7. The molecular weight excluding hydrogens is 364 g/mol. The van der Waals surface area contributed by atoms with Crippen molar-refractivity contribution in [1.82, 2.24) is 20.6 Å². The summed E-state index contributed by atoms with van der Waals surface area (Å²) in [6.45, 7) is 3.94. The Bertz CT molecular complexity index is 967. The van der Waals surface area contributed by atoms with Crippen LogP contribution < -0.4 is 10.9 Å². The molecule has 2 amide bonds. The highest BCUT2D eigenvalue weighted by molar-refractivity contribution is 6.30. The summed E-state index contributed by atoms with van der Waals surface area (Å²) in [4.78, 5) is 24.7. The van der Waals surface area contributed by atoms with Crippen LogP contribution in [0.2, 0.25) is 5.02 Å². The number of nitrogens with zero attached hydrogens (tertiary/aromatic N) is 2. The summed E-state index contributed by atoms with van der Waals surface area (Å²) in [6.07, 6.45) is 1.49. The molecule has 0 bridgehead atoms. The van der Waals surface area contributed by atoms with Crippen molar-refractivity contribution in [2.45, 2.75) is 19.8 Å². The summed E-state index contributed by atoms with van der Waals surface area (Å²) in [5.41, 5.74) is 7.21. The molecule has 0 aliphatic carbocycles. The van der Waals surface area contributed by atoms with Crippen molar-refractivity contribution in [2.75, 3.05) is 0 Å². The van der Waals surface area contributed by atoms with Crippen molar-refractivity contribution in [3.63, 3.8) is 0 Å². The van der Waals surface area contributed by atoms with Crippen molar-refractivity contribution in [2.24, 2.45) is 0 Å². The van der Waals surface area contributed by atoms with Crippen LogP contribution in [0.25, 0.3) is 5.69 Å². The quantitative estimate of drug-likeness (QED) is 0.675. The van der Waals surface area contributed by atoms with E-state index in [4.69, 9.17) is 11.6 Å². The summed E-state index contributed by atoms with van der Waals surface area (Å²) in [5.74, 6) is -0.800. The second-order valence-electron chi connectivity index (χ2n) is 6.26. The molecule has 0 saturated carbocycles. The molecule has 3 rings (SSSR count). The van der Waals surface area contributed by atoms with Gasteiger partial charge in [-0.05, 0) is 36.2 Å². The SMILES string of the molecule is CC(C)c1c(C(=O)NNC(=O)c2ccccc2)cnn1-c1cccc(Cl)c1. The molecule has 0 aliphatic rings. The Kier molecular flexibility index (Phi) is 5.57. The molecule has 2 N–H and O–H groups in total. The molecule has 0 radical (unpaired) electrons. The maximum atomic E-state index is 12.6. The number of hydrogen-bond donors (Lipinski definition) is 2. The number of hydrogen-bond acceptors (Lipinski definition) is 3. The molecule has 27 heavy (non-hydrogen) atoms. The largest absolute Gasteiger partial charge is 0.273 e. The second-order valence-corrected chi connectivity index (χ2v) is 6.70. The first-order valence-electron chi connectivity index (χ1n) is 8.47. The molecule has 0 saturated heterocycles. The van der Waals surface area contributed by atoms with Crippen LogP contribution in [0.15, 0.2) is 60.8 Å². The lowest BCUT2D eigenvalue weighted by atomic mass is 10.1. The molecule has 0 aliphatic heterocycles. The summed E-state index contributed by atoms with van der Waals surface area (Å²) < 4.78 is 1.68. The van der Waals surface area contributed by atoms with Gasteiger partial charge in [-0.25, -0.2) is 4.68 Å². The second kappa shape index (κ2) is 8.05. The third-order valence-corrected chi connectivity index (χ3v) is 4.21. The highest BCUT2D eigenvalue weighted by Gasteiger charge is 2.21. The number of halogens is 1. The molecule has 1 heterocycles. The zero-order chi connectivity index (χ0) is 19.4. The minimum atomic E-state index is -0.434. The van der Waals surface area contributed by atoms with Crippen molar-refractivity contribution in [3.8, 4) is 5.69 Å². The molecule has 3 aromatic rings. The van der Waals surface area contributed by atoms with Crippen molar-refractivity contribution in [3.05, 3.63) is 82.6 Å². The van der Waals surface area contributed by atoms with Gasteiger partial charge in [0.1, 0.15) is 0 Å². The van der Waals surface area contributed by atoms with E-state index in [9.17, 15) is 9.59 Å². The molecule has 0 atom stereocenters. The van der Waals surface area contributed by atoms with Gasteiger partial charge in [-0.15, -0.1) is 0 Å². The van der Waals surface area contributed by atoms with E-state index in [1.165, 1.54) is 6.20 Å². The van der Waals surface area contributed by atoms with Gasteiger partial charge in [0.25, 0.3) is 11.8 Å². The van der Waals surface area contributed by atoms with Crippen molar-refractivity contribution >= 4 is 23.4 Å². The monoisotopic (exact) mass is 382 g/mol. The van der Waals surface area contributed by atoms with E-state index in [1.807, 2.05) is 32.0 Å². The van der Waals surface area contributed by atoms with E-state index in [1.54, 1.807) is 41.1 Å². The van der Waals surface area contributed by atoms with E-state index in [-0.39, 0.29) is 5.92 Å². The van der Waals surface area contributed by atoms with E-state index in [2.05, 4.69) is 16.0 Å². The Hall–Kier alpha value is -3.12. The lowest BCUT2D eigenvalue weighted by molar-refractivity contribution is 0.0846. The zero-order valence-electron chi connectivity index (χ0n) is 14.9. The van der Waals surface area contributed by atoms with Crippen LogP contribution in [0.3, 0.4) is 0 Å². The molecule has 6 nitrogen and oxygen atoms in total. The highest BCUT2D eigenvalue weighted by atomic mass is 35.5. The first kappa shape index (κ1) is 18.7. The average Bonchev–Trinajstić information content (AvgIpc) is 3.12. The van der Waals surface area contributed by atoms with E-state index in [0.29, 0.717) is 16.1 Å².